The standard InChI is InChI=1S/C15H18FNO3/c1-2-20-10-8-17-15(19)14-7-6-13(16)11-12(14)5-3-4-9-18/h6-7,11,18H,2,4,8-10H2,1H3,(H,17,19). The van der Waals surface area contributed by atoms with Gasteiger partial charge in [0.05, 0.1) is 18.8 Å². The summed E-state index contributed by atoms with van der Waals surface area (Å²) in [6, 6.07) is 3.82. The fourth-order valence-electron chi connectivity index (χ4n) is 1.51. The van der Waals surface area contributed by atoms with Crippen LogP contribution in [0.1, 0.15) is 29.3 Å². The van der Waals surface area contributed by atoms with Crippen LogP contribution in [-0.4, -0.2) is 37.4 Å². The first-order valence-electron chi connectivity index (χ1n) is 6.44. The molecule has 0 saturated heterocycles. The van der Waals surface area contributed by atoms with Crippen molar-refractivity contribution in [2.24, 2.45) is 0 Å². The van der Waals surface area contributed by atoms with Gasteiger partial charge in [0.1, 0.15) is 5.82 Å². The van der Waals surface area contributed by atoms with Crippen molar-refractivity contribution in [3.05, 3.63) is 35.1 Å². The summed E-state index contributed by atoms with van der Waals surface area (Å²) in [4.78, 5) is 12.0. The number of amides is 1. The number of halogens is 1. The third kappa shape index (κ3) is 5.39. The second-order valence-electron chi connectivity index (χ2n) is 3.92. The van der Waals surface area contributed by atoms with Crippen LogP contribution in [0.3, 0.4) is 0 Å². The molecule has 20 heavy (non-hydrogen) atoms. The van der Waals surface area contributed by atoms with Gasteiger partial charge in [-0.1, -0.05) is 11.8 Å². The molecule has 1 aromatic carbocycles. The van der Waals surface area contributed by atoms with Crippen molar-refractivity contribution in [1.29, 1.82) is 0 Å². The largest absolute Gasteiger partial charge is 0.395 e. The minimum atomic E-state index is -0.454. The van der Waals surface area contributed by atoms with Crippen molar-refractivity contribution in [2.45, 2.75) is 13.3 Å². The van der Waals surface area contributed by atoms with Gasteiger partial charge in [0.2, 0.25) is 0 Å². The van der Waals surface area contributed by atoms with Crippen LogP contribution in [0.15, 0.2) is 18.2 Å². The number of hydrogen-bond acceptors (Lipinski definition) is 3. The number of aliphatic hydroxyl groups is 1. The molecule has 0 heterocycles. The Kier molecular flexibility index (Phi) is 7.33. The second-order valence-corrected chi connectivity index (χ2v) is 3.92. The maximum absolute atomic E-state index is 13.2. The molecule has 1 aromatic rings. The quantitative estimate of drug-likeness (QED) is 0.610. The Balaban J connectivity index is 2.77. The first-order valence-corrected chi connectivity index (χ1v) is 6.44. The Morgan fingerprint density at radius 2 is 2.30 bits per heavy atom. The van der Waals surface area contributed by atoms with Gasteiger partial charge < -0.3 is 15.2 Å². The van der Waals surface area contributed by atoms with E-state index in [2.05, 4.69) is 17.2 Å². The summed E-state index contributed by atoms with van der Waals surface area (Å²) >= 11 is 0. The lowest BCUT2D eigenvalue weighted by Gasteiger charge is -2.07. The van der Waals surface area contributed by atoms with Gasteiger partial charge in [-0.2, -0.15) is 0 Å². The summed E-state index contributed by atoms with van der Waals surface area (Å²) in [5, 5.41) is 11.4. The van der Waals surface area contributed by atoms with Gasteiger partial charge in [-0.3, -0.25) is 4.79 Å². The topological polar surface area (TPSA) is 58.6 Å². The van der Waals surface area contributed by atoms with E-state index in [1.165, 1.54) is 18.2 Å². The molecule has 0 fully saturated rings. The van der Waals surface area contributed by atoms with E-state index in [9.17, 15) is 9.18 Å². The molecule has 0 saturated carbocycles. The zero-order valence-corrected chi connectivity index (χ0v) is 11.4. The molecule has 0 aromatic heterocycles. The highest BCUT2D eigenvalue weighted by Gasteiger charge is 2.10. The number of carbonyl (C=O) groups is 1. The van der Waals surface area contributed by atoms with Crippen LogP contribution < -0.4 is 5.32 Å². The van der Waals surface area contributed by atoms with Gasteiger partial charge >= 0.3 is 0 Å². The summed E-state index contributed by atoms with van der Waals surface area (Å²) in [6.45, 7) is 3.20. The molecule has 2 N–H and O–H groups in total. The fourth-order valence-corrected chi connectivity index (χ4v) is 1.51. The highest BCUT2D eigenvalue weighted by atomic mass is 19.1. The van der Waals surface area contributed by atoms with Gasteiger partial charge in [0.15, 0.2) is 0 Å². The molecule has 5 heteroatoms. The monoisotopic (exact) mass is 279 g/mol. The molecule has 0 aliphatic rings. The van der Waals surface area contributed by atoms with Crippen LogP contribution in [0.2, 0.25) is 0 Å². The summed E-state index contributed by atoms with van der Waals surface area (Å²) in [6.07, 6.45) is 0.280. The van der Waals surface area contributed by atoms with Crippen LogP contribution in [-0.2, 0) is 4.74 Å². The van der Waals surface area contributed by atoms with E-state index < -0.39 is 5.82 Å². The van der Waals surface area contributed by atoms with Crippen molar-refractivity contribution in [3.8, 4) is 11.8 Å². The second kappa shape index (κ2) is 9.08. The van der Waals surface area contributed by atoms with Crippen molar-refractivity contribution < 1.29 is 19.0 Å². The van der Waals surface area contributed by atoms with Gasteiger partial charge in [0.25, 0.3) is 5.91 Å². The Labute approximate surface area is 117 Å². The van der Waals surface area contributed by atoms with E-state index in [1.807, 2.05) is 6.92 Å². The van der Waals surface area contributed by atoms with Gasteiger partial charge in [0, 0.05) is 25.1 Å². The lowest BCUT2D eigenvalue weighted by molar-refractivity contribution is 0.0922. The fraction of sp³-hybridized carbons (Fsp3) is 0.400. The highest BCUT2D eigenvalue weighted by molar-refractivity contribution is 5.96. The van der Waals surface area contributed by atoms with Gasteiger partial charge in [-0.05, 0) is 25.1 Å². The number of rotatable bonds is 6. The molecule has 0 atom stereocenters. The van der Waals surface area contributed by atoms with E-state index in [-0.39, 0.29) is 18.9 Å². The van der Waals surface area contributed by atoms with Crippen LogP contribution >= 0.6 is 0 Å². The third-order valence-electron chi connectivity index (χ3n) is 2.42. The van der Waals surface area contributed by atoms with E-state index in [1.54, 1.807) is 0 Å². The van der Waals surface area contributed by atoms with Crippen LogP contribution in [0, 0.1) is 17.7 Å². The molecule has 1 rings (SSSR count). The Morgan fingerprint density at radius 1 is 1.50 bits per heavy atom. The smallest absolute Gasteiger partial charge is 0.252 e. The Morgan fingerprint density at radius 3 is 3.00 bits per heavy atom. The first-order chi connectivity index (χ1) is 9.69. The van der Waals surface area contributed by atoms with Crippen molar-refractivity contribution in [1.82, 2.24) is 5.32 Å². The molecule has 0 radical (unpaired) electrons. The van der Waals surface area contributed by atoms with E-state index in [4.69, 9.17) is 9.84 Å². The molecule has 0 aliphatic carbocycles. The van der Waals surface area contributed by atoms with Crippen LogP contribution in [0.5, 0.6) is 0 Å². The number of ether oxygens (including phenoxy) is 1. The van der Waals surface area contributed by atoms with Crippen molar-refractivity contribution in [3.63, 3.8) is 0 Å². The number of carbonyl (C=O) groups excluding carboxylic acids is 1. The van der Waals surface area contributed by atoms with E-state index in [0.717, 1.165) is 0 Å². The summed E-state index contributed by atoms with van der Waals surface area (Å²) < 4.78 is 18.3. The molecule has 0 aliphatic heterocycles. The maximum atomic E-state index is 13.2. The number of aliphatic hydroxyl groups excluding tert-OH is 1. The number of nitrogens with one attached hydrogen (secondary N) is 1. The summed E-state index contributed by atoms with van der Waals surface area (Å²) in [5.41, 5.74) is 0.626. The summed E-state index contributed by atoms with van der Waals surface area (Å²) in [7, 11) is 0. The highest BCUT2D eigenvalue weighted by Crippen LogP contribution is 2.10. The average Bonchev–Trinajstić information content (AvgIpc) is 2.44. The lowest BCUT2D eigenvalue weighted by atomic mass is 10.1. The van der Waals surface area contributed by atoms with Crippen LogP contribution in [0.4, 0.5) is 4.39 Å². The molecule has 0 bridgehead atoms. The SMILES string of the molecule is CCOCCNC(=O)c1ccc(F)cc1C#CCCO. The normalized spacial score (nSPS) is 9.75. The molecule has 0 spiro atoms. The first kappa shape index (κ1) is 16.2. The molecular formula is C15H18FNO3. The molecule has 4 nitrogen and oxygen atoms in total. The van der Waals surface area contributed by atoms with E-state index in [0.29, 0.717) is 30.9 Å². The zero-order chi connectivity index (χ0) is 14.8. The lowest BCUT2D eigenvalue weighted by Crippen LogP contribution is -2.28. The Hall–Kier alpha value is -1.90. The number of hydrogen-bond donors (Lipinski definition) is 2. The molecule has 108 valence electrons. The maximum Gasteiger partial charge on any atom is 0.252 e. The predicted molar refractivity (Wildman–Crippen MR) is 73.8 cm³/mol. The minimum absolute atomic E-state index is 0.0712. The zero-order valence-electron chi connectivity index (χ0n) is 11.4. The third-order valence-corrected chi connectivity index (χ3v) is 2.42. The molecule has 0 unspecified atom stereocenters. The molecular weight excluding hydrogens is 261 g/mol. The van der Waals surface area contributed by atoms with Crippen molar-refractivity contribution >= 4 is 5.91 Å². The predicted octanol–water partition coefficient (Wildman–Crippen LogP) is 1.33. The van der Waals surface area contributed by atoms with Crippen molar-refractivity contribution in [2.75, 3.05) is 26.4 Å². The Bertz CT molecular complexity index is 506. The molecule has 1 amide bonds. The van der Waals surface area contributed by atoms with Crippen LogP contribution in [0.25, 0.3) is 0 Å². The van der Waals surface area contributed by atoms with Gasteiger partial charge in [-0.15, -0.1) is 0 Å². The van der Waals surface area contributed by atoms with Gasteiger partial charge in [-0.25, -0.2) is 4.39 Å². The number of benzene rings is 1. The van der Waals surface area contributed by atoms with E-state index >= 15 is 0 Å². The minimum Gasteiger partial charge on any atom is -0.395 e. The summed E-state index contributed by atoms with van der Waals surface area (Å²) in [5.74, 6) is 4.60. The average molecular weight is 279 g/mol.